The van der Waals surface area contributed by atoms with Gasteiger partial charge in [-0.25, -0.2) is 13.6 Å². The van der Waals surface area contributed by atoms with Crippen molar-refractivity contribution in [2.24, 2.45) is 7.05 Å². The highest BCUT2D eigenvalue weighted by Gasteiger charge is 2.25. The number of aliphatic hydroxyl groups is 2. The molecule has 14 nitrogen and oxygen atoms in total. The van der Waals surface area contributed by atoms with Crippen LogP contribution in [0.1, 0.15) is 10.4 Å². The van der Waals surface area contributed by atoms with Gasteiger partial charge in [-0.05, 0) is 24.3 Å². The molecule has 1 amide bonds. The molecule has 0 saturated carbocycles. The van der Waals surface area contributed by atoms with Crippen LogP contribution < -0.4 is 21.6 Å². The van der Waals surface area contributed by atoms with Crippen molar-refractivity contribution in [2.75, 3.05) is 56.5 Å². The monoisotopic (exact) mass is 611 g/mol. The summed E-state index contributed by atoms with van der Waals surface area (Å²) >= 11 is 0. The summed E-state index contributed by atoms with van der Waals surface area (Å²) < 4.78 is 39.2. The number of hydrogen-bond donors (Lipinski definition) is 4. The van der Waals surface area contributed by atoms with Gasteiger partial charge in [0.25, 0.3) is 5.91 Å². The average Bonchev–Trinajstić information content (AvgIpc) is 3.75. The number of nitrogens with zero attached hydrogens (tertiary/aromatic N) is 7. The Morgan fingerprint density at radius 3 is 2.64 bits per heavy atom. The zero-order valence-electron chi connectivity index (χ0n) is 23.8. The Hall–Kier alpha value is -4.80. The van der Waals surface area contributed by atoms with Crippen LogP contribution in [0.15, 0.2) is 45.8 Å². The Bertz CT molecular complexity index is 1890. The Morgan fingerprint density at radius 2 is 1.93 bits per heavy atom. The molecule has 4 aromatic heterocycles. The van der Waals surface area contributed by atoms with Gasteiger partial charge in [0.15, 0.2) is 11.4 Å². The van der Waals surface area contributed by atoms with Crippen LogP contribution in [0.25, 0.3) is 28.1 Å². The Morgan fingerprint density at radius 1 is 1.16 bits per heavy atom. The molecule has 5 N–H and O–H groups in total. The van der Waals surface area contributed by atoms with Gasteiger partial charge in [-0.3, -0.25) is 18.8 Å². The number of halogens is 2. The van der Waals surface area contributed by atoms with Crippen LogP contribution in [0.4, 0.5) is 20.4 Å². The van der Waals surface area contributed by atoms with E-state index in [2.05, 4.69) is 20.3 Å². The SMILES string of the molecule is Cn1c(=O)n(CCN2CCN(c3cc(C(=O)NC[C@@H](O)CO)c(F)cc3F)CC2)c2nc(N)n3nc(-c4ccco4)cc3c21. The van der Waals surface area contributed by atoms with Crippen molar-refractivity contribution < 1.29 is 28.2 Å². The molecule has 5 aromatic rings. The number of carbonyl (C=O) groups is 1. The number of rotatable bonds is 9. The van der Waals surface area contributed by atoms with E-state index in [1.54, 1.807) is 41.0 Å². The highest BCUT2D eigenvalue weighted by molar-refractivity contribution is 5.95. The summed E-state index contributed by atoms with van der Waals surface area (Å²) in [5, 5.41) is 25.2. The molecule has 0 unspecified atom stereocenters. The standard InChI is InChI=1S/C28H31F2N9O5/c1-35-24-22-13-20(23-3-2-10-44-23)34-39(22)27(31)33-25(24)38(28(35)43)9-6-36-4-7-37(8-5-36)21-11-17(18(29)12-19(21)30)26(42)32-14-16(41)15-40/h2-3,10-13,16,40-41H,4-9,14-15H2,1H3,(H2,31,33)(H,32,42)/t16-/m1/s1. The molecule has 1 atom stereocenters. The van der Waals surface area contributed by atoms with Crippen LogP contribution in [-0.2, 0) is 13.6 Å². The maximum atomic E-state index is 14.8. The van der Waals surface area contributed by atoms with Crippen molar-refractivity contribution >= 4 is 34.2 Å². The number of aryl methyl sites for hydroxylation is 1. The Kier molecular flexibility index (Phi) is 7.79. The molecular weight excluding hydrogens is 580 g/mol. The summed E-state index contributed by atoms with van der Waals surface area (Å²) in [5.41, 5.74) is 7.88. The van der Waals surface area contributed by atoms with Crippen LogP contribution in [0, 0.1) is 11.6 Å². The first kappa shape index (κ1) is 29.3. The predicted molar refractivity (Wildman–Crippen MR) is 156 cm³/mol. The van der Waals surface area contributed by atoms with Crippen molar-refractivity contribution in [3.63, 3.8) is 0 Å². The molecule has 5 heterocycles. The molecule has 0 radical (unpaired) electrons. The van der Waals surface area contributed by atoms with E-state index < -0.39 is 30.3 Å². The first-order valence-corrected chi connectivity index (χ1v) is 14.0. The molecule has 1 aliphatic heterocycles. The second-order valence-corrected chi connectivity index (χ2v) is 10.6. The maximum Gasteiger partial charge on any atom is 0.330 e. The normalized spacial score (nSPS) is 15.0. The third kappa shape index (κ3) is 5.27. The molecule has 1 saturated heterocycles. The number of aliphatic hydroxyl groups excluding tert-OH is 2. The van der Waals surface area contributed by atoms with Gasteiger partial charge in [0, 0.05) is 58.9 Å². The third-order valence-electron chi connectivity index (χ3n) is 7.83. The minimum absolute atomic E-state index is 0.0857. The molecule has 1 aromatic carbocycles. The highest BCUT2D eigenvalue weighted by Crippen LogP contribution is 2.27. The number of amides is 1. The Labute approximate surface area is 248 Å². The van der Waals surface area contributed by atoms with E-state index in [1.165, 1.54) is 9.08 Å². The average molecular weight is 612 g/mol. The van der Waals surface area contributed by atoms with E-state index >= 15 is 0 Å². The minimum Gasteiger partial charge on any atom is -0.463 e. The summed E-state index contributed by atoms with van der Waals surface area (Å²) in [7, 11) is 1.66. The van der Waals surface area contributed by atoms with Gasteiger partial charge < -0.3 is 30.6 Å². The van der Waals surface area contributed by atoms with Crippen LogP contribution >= 0.6 is 0 Å². The number of anilines is 2. The highest BCUT2D eigenvalue weighted by atomic mass is 19.1. The fourth-order valence-corrected chi connectivity index (χ4v) is 5.45. The van der Waals surface area contributed by atoms with Crippen molar-refractivity contribution in [3.05, 3.63) is 64.3 Å². The largest absolute Gasteiger partial charge is 0.463 e. The van der Waals surface area contributed by atoms with Crippen molar-refractivity contribution in [2.45, 2.75) is 12.6 Å². The molecule has 6 rings (SSSR count). The number of furan rings is 1. The molecule has 1 aliphatic rings. The van der Waals surface area contributed by atoms with Gasteiger partial charge in [-0.15, -0.1) is 0 Å². The lowest BCUT2D eigenvalue weighted by atomic mass is 10.1. The summed E-state index contributed by atoms with van der Waals surface area (Å²) in [4.78, 5) is 34.0. The van der Waals surface area contributed by atoms with Crippen LogP contribution in [0.5, 0.6) is 0 Å². The zero-order chi connectivity index (χ0) is 31.1. The second-order valence-electron chi connectivity index (χ2n) is 10.6. The van der Waals surface area contributed by atoms with Crippen molar-refractivity contribution in [1.29, 1.82) is 0 Å². The molecule has 0 aliphatic carbocycles. The van der Waals surface area contributed by atoms with E-state index in [-0.39, 0.29) is 29.4 Å². The molecule has 44 heavy (non-hydrogen) atoms. The quantitative estimate of drug-likeness (QED) is 0.183. The van der Waals surface area contributed by atoms with Crippen LogP contribution in [0.3, 0.4) is 0 Å². The summed E-state index contributed by atoms with van der Waals surface area (Å²) in [6.45, 7) is 1.83. The molecular formula is C28H31F2N9O5. The van der Waals surface area contributed by atoms with Gasteiger partial charge in [0.1, 0.15) is 22.8 Å². The summed E-state index contributed by atoms with van der Waals surface area (Å²) in [6.07, 6.45) is 0.351. The first-order valence-electron chi connectivity index (χ1n) is 14.0. The molecule has 0 bridgehead atoms. The number of aromatic nitrogens is 5. The van der Waals surface area contributed by atoms with E-state index in [4.69, 9.17) is 15.3 Å². The van der Waals surface area contributed by atoms with Crippen molar-refractivity contribution in [1.82, 2.24) is 33.9 Å². The fourth-order valence-electron chi connectivity index (χ4n) is 5.45. The lowest BCUT2D eigenvalue weighted by molar-refractivity contribution is 0.0799. The molecule has 16 heteroatoms. The smallest absolute Gasteiger partial charge is 0.330 e. The van der Waals surface area contributed by atoms with Crippen LogP contribution in [-0.4, -0.2) is 96.7 Å². The second kappa shape index (κ2) is 11.7. The number of imidazole rings is 1. The number of nitrogen functional groups attached to an aromatic ring is 1. The van der Waals surface area contributed by atoms with Crippen molar-refractivity contribution in [3.8, 4) is 11.5 Å². The number of carbonyl (C=O) groups excluding carboxylic acids is 1. The zero-order valence-corrected chi connectivity index (χ0v) is 23.8. The summed E-state index contributed by atoms with van der Waals surface area (Å²) in [6, 6.07) is 7.15. The predicted octanol–water partition coefficient (Wildman–Crippen LogP) is 0.408. The number of nitrogens with one attached hydrogen (secondary N) is 1. The van der Waals surface area contributed by atoms with E-state index in [0.29, 0.717) is 73.5 Å². The van der Waals surface area contributed by atoms with Gasteiger partial charge in [-0.1, -0.05) is 0 Å². The number of nitrogens with two attached hydrogens (primary N) is 1. The lowest BCUT2D eigenvalue weighted by Crippen LogP contribution is -2.48. The third-order valence-corrected chi connectivity index (χ3v) is 7.83. The van der Waals surface area contributed by atoms with E-state index in [1.807, 2.05) is 0 Å². The van der Waals surface area contributed by atoms with Gasteiger partial charge in [0.05, 0.1) is 35.7 Å². The molecule has 1 fully saturated rings. The topological polar surface area (TPSA) is 172 Å². The van der Waals surface area contributed by atoms with Crippen LogP contribution in [0.2, 0.25) is 0 Å². The van der Waals surface area contributed by atoms with E-state index in [0.717, 1.165) is 6.07 Å². The molecule has 0 spiro atoms. The Balaban J connectivity index is 1.16. The lowest BCUT2D eigenvalue weighted by Gasteiger charge is -2.36. The van der Waals surface area contributed by atoms with Gasteiger partial charge >= 0.3 is 5.69 Å². The summed E-state index contributed by atoms with van der Waals surface area (Å²) in [5.74, 6) is -1.97. The van der Waals surface area contributed by atoms with E-state index in [9.17, 15) is 23.5 Å². The number of benzene rings is 1. The number of fused-ring (bicyclic) bond motifs is 3. The van der Waals surface area contributed by atoms with Gasteiger partial charge in [0.2, 0.25) is 5.95 Å². The molecule has 232 valence electrons. The number of hydrogen-bond acceptors (Lipinski definition) is 10. The minimum atomic E-state index is -1.19. The first-order chi connectivity index (χ1) is 21.2. The number of piperazine rings is 1. The maximum absolute atomic E-state index is 14.8. The fraction of sp³-hybridized carbons (Fsp3) is 0.357. The van der Waals surface area contributed by atoms with Gasteiger partial charge in [-0.2, -0.15) is 14.6 Å².